The Morgan fingerprint density at radius 3 is 2.57 bits per heavy atom. The van der Waals surface area contributed by atoms with E-state index in [1.807, 2.05) is 0 Å². The lowest BCUT2D eigenvalue weighted by atomic mass is 9.74. The summed E-state index contributed by atoms with van der Waals surface area (Å²) in [5, 5.41) is 2.92. The number of rotatable bonds is 4. The Morgan fingerprint density at radius 2 is 2.14 bits per heavy atom. The molecule has 0 radical (unpaired) electrons. The van der Waals surface area contributed by atoms with Crippen LogP contribution in [0.2, 0.25) is 0 Å². The van der Waals surface area contributed by atoms with E-state index >= 15 is 0 Å². The normalized spacial score (nSPS) is 22.9. The predicted octanol–water partition coefficient (Wildman–Crippen LogP) is 2.58. The van der Waals surface area contributed by atoms with Gasteiger partial charge in [-0.25, -0.2) is 0 Å². The largest absolute Gasteiger partial charge is 0.356 e. The van der Waals surface area contributed by atoms with Crippen LogP contribution in [0.15, 0.2) is 0 Å². The molecule has 1 saturated heterocycles. The highest BCUT2D eigenvalue weighted by molar-refractivity contribution is 5.78. The van der Waals surface area contributed by atoms with Crippen molar-refractivity contribution in [1.29, 1.82) is 0 Å². The van der Waals surface area contributed by atoms with E-state index in [-0.39, 0.29) is 5.91 Å². The third-order valence-corrected chi connectivity index (χ3v) is 3.45. The molecule has 1 rings (SSSR count). The van der Waals surface area contributed by atoms with Crippen molar-refractivity contribution in [2.75, 3.05) is 6.54 Å². The first-order valence-electron chi connectivity index (χ1n) is 5.68. The van der Waals surface area contributed by atoms with Crippen LogP contribution in [0.3, 0.4) is 0 Å². The van der Waals surface area contributed by atoms with E-state index in [9.17, 15) is 4.79 Å². The molecular formula is C12H23NO. The summed E-state index contributed by atoms with van der Waals surface area (Å²) in [7, 11) is 0. The number of hydrogen-bond acceptors (Lipinski definition) is 1. The third-order valence-electron chi connectivity index (χ3n) is 3.45. The molecule has 0 aromatic heterocycles. The van der Waals surface area contributed by atoms with Crippen molar-refractivity contribution in [3.05, 3.63) is 0 Å². The zero-order valence-corrected chi connectivity index (χ0v) is 9.89. The fraction of sp³-hybridized carbons (Fsp3) is 0.917. The van der Waals surface area contributed by atoms with Gasteiger partial charge in [0.05, 0.1) is 0 Å². The van der Waals surface area contributed by atoms with Crippen molar-refractivity contribution < 1.29 is 4.79 Å². The first kappa shape index (κ1) is 11.5. The minimum absolute atomic E-state index is 0.229. The van der Waals surface area contributed by atoms with Crippen LogP contribution in [0.1, 0.15) is 47.0 Å². The molecule has 1 fully saturated rings. The van der Waals surface area contributed by atoms with Crippen LogP contribution < -0.4 is 5.32 Å². The van der Waals surface area contributed by atoms with Crippen LogP contribution in [0.5, 0.6) is 0 Å². The van der Waals surface area contributed by atoms with Crippen molar-refractivity contribution in [3.8, 4) is 0 Å². The predicted molar refractivity (Wildman–Crippen MR) is 59.0 cm³/mol. The van der Waals surface area contributed by atoms with E-state index < -0.39 is 0 Å². The quantitative estimate of drug-likeness (QED) is 0.737. The van der Waals surface area contributed by atoms with Crippen LogP contribution in [-0.2, 0) is 4.79 Å². The molecule has 0 aromatic carbocycles. The second kappa shape index (κ2) is 4.33. The first-order valence-corrected chi connectivity index (χ1v) is 5.68. The van der Waals surface area contributed by atoms with Crippen molar-refractivity contribution in [3.63, 3.8) is 0 Å². The van der Waals surface area contributed by atoms with Gasteiger partial charge in [-0.1, -0.05) is 34.1 Å². The average Bonchev–Trinajstić information content (AvgIpc) is 2.49. The average molecular weight is 197 g/mol. The minimum atomic E-state index is 0.229. The first-order chi connectivity index (χ1) is 6.42. The topological polar surface area (TPSA) is 29.1 Å². The monoisotopic (exact) mass is 197 g/mol. The van der Waals surface area contributed by atoms with E-state index in [0.29, 0.717) is 11.3 Å². The lowest BCUT2D eigenvalue weighted by Crippen LogP contribution is -2.26. The van der Waals surface area contributed by atoms with E-state index in [0.717, 1.165) is 18.9 Å². The smallest absolute Gasteiger partial charge is 0.220 e. The zero-order valence-electron chi connectivity index (χ0n) is 9.89. The molecule has 1 aliphatic rings. The maximum absolute atomic E-state index is 11.1. The van der Waals surface area contributed by atoms with Gasteiger partial charge in [-0.2, -0.15) is 0 Å². The summed E-state index contributed by atoms with van der Waals surface area (Å²) < 4.78 is 0. The molecular weight excluding hydrogens is 174 g/mol. The highest BCUT2D eigenvalue weighted by atomic mass is 16.1. The Kier molecular flexibility index (Phi) is 3.57. The van der Waals surface area contributed by atoms with Crippen molar-refractivity contribution in [2.45, 2.75) is 47.0 Å². The van der Waals surface area contributed by atoms with Gasteiger partial charge < -0.3 is 5.32 Å². The summed E-state index contributed by atoms with van der Waals surface area (Å²) in [4.78, 5) is 11.1. The zero-order chi connectivity index (χ0) is 10.8. The standard InChI is InChI=1S/C12H23NO/c1-9(2)5-6-12(3,4)10-7-11(14)13-8-10/h9-10H,5-8H2,1-4H3,(H,13,14). The van der Waals surface area contributed by atoms with Gasteiger partial charge >= 0.3 is 0 Å². The molecule has 0 aromatic rings. The second-order valence-electron chi connectivity index (χ2n) is 5.63. The van der Waals surface area contributed by atoms with Crippen molar-refractivity contribution in [2.24, 2.45) is 17.3 Å². The van der Waals surface area contributed by atoms with E-state index in [4.69, 9.17) is 0 Å². The summed E-state index contributed by atoms with van der Waals surface area (Å²) in [6.45, 7) is 9.98. The van der Waals surface area contributed by atoms with E-state index in [2.05, 4.69) is 33.0 Å². The van der Waals surface area contributed by atoms with Gasteiger partial charge in [-0.3, -0.25) is 4.79 Å². The van der Waals surface area contributed by atoms with Crippen LogP contribution in [0, 0.1) is 17.3 Å². The Hall–Kier alpha value is -0.530. The maximum Gasteiger partial charge on any atom is 0.220 e. The fourth-order valence-corrected chi connectivity index (χ4v) is 2.02. The number of amides is 1. The molecule has 2 nitrogen and oxygen atoms in total. The van der Waals surface area contributed by atoms with Crippen LogP contribution >= 0.6 is 0 Å². The minimum Gasteiger partial charge on any atom is -0.356 e. The van der Waals surface area contributed by atoms with E-state index in [1.165, 1.54) is 12.8 Å². The molecule has 1 unspecified atom stereocenters. The van der Waals surface area contributed by atoms with Crippen molar-refractivity contribution >= 4 is 5.91 Å². The molecule has 14 heavy (non-hydrogen) atoms. The molecule has 1 heterocycles. The molecule has 0 saturated carbocycles. The molecule has 1 aliphatic heterocycles. The fourth-order valence-electron chi connectivity index (χ4n) is 2.02. The number of hydrogen-bond donors (Lipinski definition) is 1. The maximum atomic E-state index is 11.1. The molecule has 2 heteroatoms. The second-order valence-corrected chi connectivity index (χ2v) is 5.63. The van der Waals surface area contributed by atoms with Gasteiger partial charge in [0, 0.05) is 13.0 Å². The van der Waals surface area contributed by atoms with Gasteiger partial charge in [-0.15, -0.1) is 0 Å². The lowest BCUT2D eigenvalue weighted by molar-refractivity contribution is -0.119. The highest BCUT2D eigenvalue weighted by Crippen LogP contribution is 2.36. The van der Waals surface area contributed by atoms with Gasteiger partial charge in [0.2, 0.25) is 5.91 Å². The Bertz CT molecular complexity index is 208. The Labute approximate surface area is 87.5 Å². The van der Waals surface area contributed by atoms with E-state index in [1.54, 1.807) is 0 Å². The molecule has 1 amide bonds. The van der Waals surface area contributed by atoms with Gasteiger partial charge in [-0.05, 0) is 23.7 Å². The summed E-state index contributed by atoms with van der Waals surface area (Å²) in [5.74, 6) is 1.53. The van der Waals surface area contributed by atoms with Crippen LogP contribution in [-0.4, -0.2) is 12.5 Å². The summed E-state index contributed by atoms with van der Waals surface area (Å²) in [6.07, 6.45) is 3.22. The summed E-state index contributed by atoms with van der Waals surface area (Å²) in [6, 6.07) is 0. The summed E-state index contributed by atoms with van der Waals surface area (Å²) in [5.41, 5.74) is 0.309. The Morgan fingerprint density at radius 1 is 1.50 bits per heavy atom. The molecule has 1 N–H and O–H groups in total. The highest BCUT2D eigenvalue weighted by Gasteiger charge is 2.34. The molecule has 82 valence electrons. The van der Waals surface area contributed by atoms with Gasteiger partial charge in [0.15, 0.2) is 0 Å². The number of carbonyl (C=O) groups excluding carboxylic acids is 1. The Balaban J connectivity index is 2.43. The van der Waals surface area contributed by atoms with Crippen LogP contribution in [0.4, 0.5) is 0 Å². The molecule has 1 atom stereocenters. The molecule has 0 aliphatic carbocycles. The molecule has 0 spiro atoms. The lowest BCUT2D eigenvalue weighted by Gasteiger charge is -2.31. The van der Waals surface area contributed by atoms with Crippen molar-refractivity contribution in [1.82, 2.24) is 5.32 Å². The number of nitrogens with one attached hydrogen (secondary N) is 1. The number of carbonyl (C=O) groups is 1. The third kappa shape index (κ3) is 3.00. The molecule has 0 bridgehead atoms. The van der Waals surface area contributed by atoms with Gasteiger partial charge in [0.1, 0.15) is 0 Å². The SMILES string of the molecule is CC(C)CCC(C)(C)C1CNC(=O)C1. The van der Waals surface area contributed by atoms with Crippen LogP contribution in [0.25, 0.3) is 0 Å². The van der Waals surface area contributed by atoms with Gasteiger partial charge in [0.25, 0.3) is 0 Å². The summed E-state index contributed by atoms with van der Waals surface area (Å²) >= 11 is 0.